The molecule has 2 atom stereocenters. The van der Waals surface area contributed by atoms with Crippen molar-refractivity contribution in [3.05, 3.63) is 0 Å². The maximum absolute atomic E-state index is 12.4. The molecule has 1 aliphatic rings. The molecule has 0 radical (unpaired) electrons. The monoisotopic (exact) mass is 286 g/mol. The summed E-state index contributed by atoms with van der Waals surface area (Å²) in [6.45, 7) is 7.57. The Morgan fingerprint density at radius 3 is 2.60 bits per heavy atom. The molecule has 0 spiro atoms. The number of nitrogens with zero attached hydrogens (tertiary/aromatic N) is 2. The summed E-state index contributed by atoms with van der Waals surface area (Å²) in [5.41, 5.74) is 0. The van der Waals surface area contributed by atoms with Crippen LogP contribution < -0.4 is 0 Å². The third kappa shape index (κ3) is 5.00. The van der Waals surface area contributed by atoms with Gasteiger partial charge in [-0.05, 0) is 19.3 Å². The highest BCUT2D eigenvalue weighted by Gasteiger charge is 2.29. The second-order valence-electron chi connectivity index (χ2n) is 5.91. The van der Waals surface area contributed by atoms with E-state index >= 15 is 0 Å². The summed E-state index contributed by atoms with van der Waals surface area (Å²) in [6, 6.07) is 0.125. The Morgan fingerprint density at radius 1 is 1.40 bits per heavy atom. The normalized spacial score (nSPS) is 20.9. The van der Waals surface area contributed by atoms with Gasteiger partial charge in [-0.2, -0.15) is 0 Å². The zero-order valence-corrected chi connectivity index (χ0v) is 12.8. The van der Waals surface area contributed by atoms with E-state index in [0.717, 1.165) is 6.42 Å². The quantitative estimate of drug-likeness (QED) is 0.834. The zero-order valence-electron chi connectivity index (χ0n) is 12.8. The number of amides is 2. The molecule has 0 aromatic rings. The molecular formula is C14H26N2O4. The van der Waals surface area contributed by atoms with Gasteiger partial charge >= 0.3 is 12.0 Å². The fourth-order valence-electron chi connectivity index (χ4n) is 2.46. The molecule has 1 N–H and O–H groups in total. The average molecular weight is 286 g/mol. The number of aliphatic carboxylic acids is 1. The van der Waals surface area contributed by atoms with Crippen molar-refractivity contribution in [2.45, 2.75) is 45.8 Å². The minimum absolute atomic E-state index is 0.0446. The molecule has 6 nitrogen and oxygen atoms in total. The van der Waals surface area contributed by atoms with Crippen LogP contribution >= 0.6 is 0 Å². The lowest BCUT2D eigenvalue weighted by Gasteiger charge is -2.37. The van der Waals surface area contributed by atoms with Gasteiger partial charge in [0.25, 0.3) is 0 Å². The van der Waals surface area contributed by atoms with Crippen LogP contribution in [0.4, 0.5) is 4.79 Å². The summed E-state index contributed by atoms with van der Waals surface area (Å²) in [5.74, 6) is -0.365. The molecule has 2 unspecified atom stereocenters. The van der Waals surface area contributed by atoms with Gasteiger partial charge < -0.3 is 19.6 Å². The number of carbonyl (C=O) groups excluding carboxylic acids is 1. The molecule has 1 fully saturated rings. The lowest BCUT2D eigenvalue weighted by Crippen LogP contribution is -2.52. The highest BCUT2D eigenvalue weighted by Crippen LogP contribution is 2.15. The maximum atomic E-state index is 12.4. The smallest absolute Gasteiger partial charge is 0.320 e. The number of urea groups is 1. The topological polar surface area (TPSA) is 70.1 Å². The lowest BCUT2D eigenvalue weighted by molar-refractivity contribution is -0.141. The molecule has 0 bridgehead atoms. The van der Waals surface area contributed by atoms with Crippen molar-refractivity contribution in [1.29, 1.82) is 0 Å². The van der Waals surface area contributed by atoms with E-state index in [1.807, 2.05) is 6.92 Å². The van der Waals surface area contributed by atoms with Crippen molar-refractivity contribution in [3.8, 4) is 0 Å². The maximum Gasteiger partial charge on any atom is 0.320 e. The van der Waals surface area contributed by atoms with Crippen LogP contribution in [-0.4, -0.2) is 65.8 Å². The first-order chi connectivity index (χ1) is 9.31. The number of hydrogen-bond acceptors (Lipinski definition) is 3. The first-order valence-corrected chi connectivity index (χ1v) is 7.16. The number of carbonyl (C=O) groups is 2. The van der Waals surface area contributed by atoms with Gasteiger partial charge in [0.1, 0.15) is 0 Å². The highest BCUT2D eigenvalue weighted by molar-refractivity contribution is 5.75. The van der Waals surface area contributed by atoms with Gasteiger partial charge in [-0.25, -0.2) is 4.79 Å². The minimum Gasteiger partial charge on any atom is -0.481 e. The molecule has 6 heteroatoms. The van der Waals surface area contributed by atoms with Gasteiger partial charge in [0, 0.05) is 26.2 Å². The first kappa shape index (κ1) is 16.8. The van der Waals surface area contributed by atoms with Gasteiger partial charge in [-0.1, -0.05) is 13.8 Å². The van der Waals surface area contributed by atoms with Crippen LogP contribution in [0.3, 0.4) is 0 Å². The second kappa shape index (κ2) is 7.47. The van der Waals surface area contributed by atoms with Crippen molar-refractivity contribution >= 4 is 12.0 Å². The van der Waals surface area contributed by atoms with E-state index in [1.165, 1.54) is 0 Å². The Kier molecular flexibility index (Phi) is 6.26. The predicted molar refractivity (Wildman–Crippen MR) is 75.6 cm³/mol. The van der Waals surface area contributed by atoms with Crippen LogP contribution in [0, 0.1) is 5.92 Å². The van der Waals surface area contributed by atoms with Crippen LogP contribution in [-0.2, 0) is 9.53 Å². The van der Waals surface area contributed by atoms with Gasteiger partial charge in [-0.15, -0.1) is 0 Å². The van der Waals surface area contributed by atoms with Crippen molar-refractivity contribution in [2.75, 3.05) is 26.7 Å². The van der Waals surface area contributed by atoms with E-state index in [4.69, 9.17) is 9.84 Å². The van der Waals surface area contributed by atoms with E-state index in [-0.39, 0.29) is 18.5 Å². The molecule has 1 rings (SSSR count). The zero-order chi connectivity index (χ0) is 15.3. The highest BCUT2D eigenvalue weighted by atomic mass is 16.5. The number of rotatable bonds is 5. The van der Waals surface area contributed by atoms with Crippen LogP contribution in [0.15, 0.2) is 0 Å². The fourth-order valence-corrected chi connectivity index (χ4v) is 2.46. The molecule has 0 aromatic heterocycles. The summed E-state index contributed by atoms with van der Waals surface area (Å²) >= 11 is 0. The van der Waals surface area contributed by atoms with E-state index < -0.39 is 12.1 Å². The molecule has 20 heavy (non-hydrogen) atoms. The molecule has 2 amide bonds. The van der Waals surface area contributed by atoms with E-state index in [1.54, 1.807) is 16.8 Å². The van der Waals surface area contributed by atoms with Gasteiger partial charge in [-0.3, -0.25) is 4.79 Å². The molecule has 0 aliphatic carbocycles. The van der Waals surface area contributed by atoms with E-state index in [2.05, 4.69) is 13.8 Å². The van der Waals surface area contributed by atoms with Gasteiger partial charge in [0.2, 0.25) is 0 Å². The standard InChI is InChI=1S/C14H26N2O4/c1-10(2)7-11(3)15(4)14(19)16-5-6-20-12(9-16)8-13(17)18/h10-12H,5-9H2,1-4H3,(H,17,18). The SMILES string of the molecule is CC(C)CC(C)N(C)C(=O)N1CCOC(CC(=O)O)C1. The molecule has 1 heterocycles. The summed E-state index contributed by atoms with van der Waals surface area (Å²) in [7, 11) is 1.80. The first-order valence-electron chi connectivity index (χ1n) is 7.16. The number of carboxylic acid groups (broad SMARTS) is 1. The molecule has 116 valence electrons. The molecule has 0 aromatic carbocycles. The average Bonchev–Trinajstić information content (AvgIpc) is 2.35. The van der Waals surface area contributed by atoms with Crippen LogP contribution in [0.2, 0.25) is 0 Å². The Balaban J connectivity index is 2.55. The summed E-state index contributed by atoms with van der Waals surface area (Å²) in [6.07, 6.45) is 0.485. The van der Waals surface area contributed by atoms with Crippen LogP contribution in [0.25, 0.3) is 0 Å². The van der Waals surface area contributed by atoms with E-state index in [9.17, 15) is 9.59 Å². The number of ether oxygens (including phenoxy) is 1. The van der Waals surface area contributed by atoms with Crippen molar-refractivity contribution in [2.24, 2.45) is 5.92 Å². The number of carboxylic acids is 1. The molecule has 0 saturated carbocycles. The largest absolute Gasteiger partial charge is 0.481 e. The molecule has 1 aliphatic heterocycles. The van der Waals surface area contributed by atoms with Crippen LogP contribution in [0.5, 0.6) is 0 Å². The Labute approximate surface area is 120 Å². The number of morpholine rings is 1. The summed E-state index contributed by atoms with van der Waals surface area (Å²) in [4.78, 5) is 26.5. The van der Waals surface area contributed by atoms with Crippen LogP contribution in [0.1, 0.15) is 33.6 Å². The Hall–Kier alpha value is -1.30. The van der Waals surface area contributed by atoms with Gasteiger partial charge in [0.15, 0.2) is 0 Å². The Bertz CT molecular complexity index is 346. The fraction of sp³-hybridized carbons (Fsp3) is 0.857. The number of hydrogen-bond donors (Lipinski definition) is 1. The lowest BCUT2D eigenvalue weighted by atomic mass is 10.0. The van der Waals surface area contributed by atoms with Crippen molar-refractivity contribution in [1.82, 2.24) is 9.80 Å². The van der Waals surface area contributed by atoms with E-state index in [0.29, 0.717) is 25.6 Å². The molecule has 1 saturated heterocycles. The second-order valence-corrected chi connectivity index (χ2v) is 5.91. The van der Waals surface area contributed by atoms with Gasteiger partial charge in [0.05, 0.1) is 19.1 Å². The Morgan fingerprint density at radius 2 is 2.05 bits per heavy atom. The third-order valence-corrected chi connectivity index (χ3v) is 3.59. The minimum atomic E-state index is -0.897. The van der Waals surface area contributed by atoms with Crippen molar-refractivity contribution < 1.29 is 19.4 Å². The predicted octanol–water partition coefficient (Wildman–Crippen LogP) is 1.65. The third-order valence-electron chi connectivity index (χ3n) is 3.59. The van der Waals surface area contributed by atoms with Crippen molar-refractivity contribution in [3.63, 3.8) is 0 Å². The summed E-state index contributed by atoms with van der Waals surface area (Å²) in [5, 5.41) is 8.79. The summed E-state index contributed by atoms with van der Waals surface area (Å²) < 4.78 is 5.38. The molecular weight excluding hydrogens is 260 g/mol.